The van der Waals surface area contributed by atoms with Crippen LogP contribution in [-0.4, -0.2) is 38.2 Å². The van der Waals surface area contributed by atoms with Crippen molar-refractivity contribution in [3.63, 3.8) is 0 Å². The van der Waals surface area contributed by atoms with E-state index in [9.17, 15) is 13.2 Å². The number of aryl methyl sites for hydroxylation is 1. The fourth-order valence-electron chi connectivity index (χ4n) is 2.64. The Labute approximate surface area is 152 Å². The van der Waals surface area contributed by atoms with Gasteiger partial charge in [0.25, 0.3) is 0 Å². The largest absolute Gasteiger partial charge is 0.454 e. The van der Waals surface area contributed by atoms with Crippen molar-refractivity contribution >= 4 is 21.6 Å². The number of nitrogens with one attached hydrogen (secondary N) is 1. The molecule has 1 heterocycles. The number of rotatable bonds is 6. The number of carbonyl (C=O) groups is 1. The molecule has 2 aromatic carbocycles. The Morgan fingerprint density at radius 3 is 2.65 bits per heavy atom. The van der Waals surface area contributed by atoms with Crippen molar-refractivity contribution in [3.8, 4) is 11.5 Å². The number of fused-ring (bicyclic) bond motifs is 1. The van der Waals surface area contributed by atoms with Gasteiger partial charge in [-0.1, -0.05) is 29.8 Å². The Kier molecular flexibility index (Phi) is 5.15. The SMILES string of the molecule is Cc1cccc(CN(CC(=O)Nc2ccc3c(c2)OCO3)S(C)(=O)=O)c1. The average molecular weight is 376 g/mol. The van der Waals surface area contributed by atoms with Crippen LogP contribution in [0.1, 0.15) is 11.1 Å². The molecule has 1 aliphatic heterocycles. The normalized spacial score (nSPS) is 13.0. The summed E-state index contributed by atoms with van der Waals surface area (Å²) in [5, 5.41) is 2.69. The van der Waals surface area contributed by atoms with Crippen molar-refractivity contribution in [2.45, 2.75) is 13.5 Å². The summed E-state index contributed by atoms with van der Waals surface area (Å²) >= 11 is 0. The number of hydrogen-bond donors (Lipinski definition) is 1. The van der Waals surface area contributed by atoms with Gasteiger partial charge in [-0.25, -0.2) is 8.42 Å². The summed E-state index contributed by atoms with van der Waals surface area (Å²) in [4.78, 5) is 12.3. The lowest BCUT2D eigenvalue weighted by Gasteiger charge is -2.20. The predicted molar refractivity (Wildman–Crippen MR) is 97.6 cm³/mol. The van der Waals surface area contributed by atoms with E-state index >= 15 is 0 Å². The minimum atomic E-state index is -3.55. The van der Waals surface area contributed by atoms with Crippen molar-refractivity contribution in [1.29, 1.82) is 0 Å². The molecule has 0 aromatic heterocycles. The maximum atomic E-state index is 12.3. The molecule has 3 rings (SSSR count). The Morgan fingerprint density at radius 2 is 1.92 bits per heavy atom. The van der Waals surface area contributed by atoms with Gasteiger partial charge in [0.15, 0.2) is 11.5 Å². The van der Waals surface area contributed by atoms with Crippen molar-refractivity contribution in [1.82, 2.24) is 4.31 Å². The molecule has 0 unspecified atom stereocenters. The van der Waals surface area contributed by atoms with Crippen LogP contribution in [0.25, 0.3) is 0 Å². The van der Waals surface area contributed by atoms with Crippen molar-refractivity contribution in [3.05, 3.63) is 53.6 Å². The second-order valence-electron chi connectivity index (χ2n) is 6.14. The van der Waals surface area contributed by atoms with Crippen LogP contribution in [-0.2, 0) is 21.4 Å². The van der Waals surface area contributed by atoms with E-state index in [4.69, 9.17) is 9.47 Å². The fraction of sp³-hybridized carbons (Fsp3) is 0.278. The molecule has 0 fully saturated rings. The monoisotopic (exact) mass is 376 g/mol. The van der Waals surface area contributed by atoms with Gasteiger partial charge in [0.05, 0.1) is 12.8 Å². The quantitative estimate of drug-likeness (QED) is 0.835. The zero-order valence-electron chi connectivity index (χ0n) is 14.6. The minimum Gasteiger partial charge on any atom is -0.454 e. The number of ether oxygens (including phenoxy) is 2. The van der Waals surface area contributed by atoms with Crippen LogP contribution in [0.2, 0.25) is 0 Å². The minimum absolute atomic E-state index is 0.134. The number of carbonyl (C=O) groups excluding carboxylic acids is 1. The van der Waals surface area contributed by atoms with E-state index in [1.807, 2.05) is 31.2 Å². The number of hydrogen-bond acceptors (Lipinski definition) is 5. The highest BCUT2D eigenvalue weighted by molar-refractivity contribution is 7.88. The van der Waals surface area contributed by atoms with Gasteiger partial charge in [0, 0.05) is 18.3 Å². The van der Waals surface area contributed by atoms with Gasteiger partial charge in [-0.05, 0) is 24.6 Å². The number of nitrogens with zero attached hydrogens (tertiary/aromatic N) is 1. The second-order valence-corrected chi connectivity index (χ2v) is 8.12. The first-order valence-corrected chi connectivity index (χ1v) is 9.86. The Morgan fingerprint density at radius 1 is 1.15 bits per heavy atom. The van der Waals surface area contributed by atoms with Crippen LogP contribution in [0.4, 0.5) is 5.69 Å². The molecule has 0 saturated carbocycles. The third-order valence-electron chi connectivity index (χ3n) is 3.89. The molecule has 0 spiro atoms. The molecule has 0 radical (unpaired) electrons. The van der Waals surface area contributed by atoms with Crippen LogP contribution in [0, 0.1) is 6.92 Å². The van der Waals surface area contributed by atoms with Gasteiger partial charge in [-0.3, -0.25) is 4.79 Å². The summed E-state index contributed by atoms with van der Waals surface area (Å²) in [6.45, 7) is 1.93. The Bertz CT molecular complexity index is 927. The highest BCUT2D eigenvalue weighted by atomic mass is 32.2. The van der Waals surface area contributed by atoms with Crippen molar-refractivity contribution in [2.75, 3.05) is 24.9 Å². The molecule has 138 valence electrons. The van der Waals surface area contributed by atoms with Crippen LogP contribution in [0.15, 0.2) is 42.5 Å². The van der Waals surface area contributed by atoms with Crippen LogP contribution in [0.3, 0.4) is 0 Å². The maximum Gasteiger partial charge on any atom is 0.239 e. The number of anilines is 1. The average Bonchev–Trinajstić information content (AvgIpc) is 3.01. The summed E-state index contributed by atoms with van der Waals surface area (Å²) in [6, 6.07) is 12.5. The first-order chi connectivity index (χ1) is 12.3. The van der Waals surface area contributed by atoms with E-state index in [0.717, 1.165) is 21.7 Å². The molecule has 0 atom stereocenters. The summed E-state index contributed by atoms with van der Waals surface area (Å²) in [7, 11) is -3.55. The van der Waals surface area contributed by atoms with Gasteiger partial charge in [0.2, 0.25) is 22.7 Å². The maximum absolute atomic E-state index is 12.3. The van der Waals surface area contributed by atoms with E-state index in [2.05, 4.69) is 5.32 Å². The lowest BCUT2D eigenvalue weighted by atomic mass is 10.1. The summed E-state index contributed by atoms with van der Waals surface area (Å²) < 4.78 is 35.8. The first kappa shape index (κ1) is 18.2. The lowest BCUT2D eigenvalue weighted by Crippen LogP contribution is -2.36. The van der Waals surface area contributed by atoms with Gasteiger partial charge >= 0.3 is 0 Å². The van der Waals surface area contributed by atoms with Crippen molar-refractivity contribution in [2.24, 2.45) is 0 Å². The lowest BCUT2D eigenvalue weighted by molar-refractivity contribution is -0.116. The zero-order chi connectivity index (χ0) is 18.7. The van der Waals surface area contributed by atoms with Gasteiger partial charge in [0.1, 0.15) is 0 Å². The van der Waals surface area contributed by atoms with Gasteiger partial charge in [-0.15, -0.1) is 0 Å². The molecule has 0 aliphatic carbocycles. The van der Waals surface area contributed by atoms with Gasteiger partial charge in [-0.2, -0.15) is 4.31 Å². The molecular formula is C18H20N2O5S. The van der Waals surface area contributed by atoms with Crippen LogP contribution >= 0.6 is 0 Å². The number of amides is 1. The summed E-state index contributed by atoms with van der Waals surface area (Å²) in [5.41, 5.74) is 2.37. The third kappa shape index (κ3) is 4.53. The molecule has 0 saturated heterocycles. The highest BCUT2D eigenvalue weighted by Crippen LogP contribution is 2.34. The molecule has 1 N–H and O–H groups in total. The molecular weight excluding hydrogens is 356 g/mol. The molecule has 1 aliphatic rings. The van der Waals surface area contributed by atoms with E-state index < -0.39 is 15.9 Å². The molecule has 1 amide bonds. The van der Waals surface area contributed by atoms with Crippen LogP contribution < -0.4 is 14.8 Å². The topological polar surface area (TPSA) is 84.9 Å². The standard InChI is InChI=1S/C18H20N2O5S/c1-13-4-3-5-14(8-13)10-20(26(2,22)23)11-18(21)19-15-6-7-16-17(9-15)25-12-24-16/h3-9H,10-12H2,1-2H3,(H,19,21). The molecule has 0 bridgehead atoms. The van der Waals surface area contributed by atoms with E-state index in [0.29, 0.717) is 17.2 Å². The molecule has 26 heavy (non-hydrogen) atoms. The van der Waals surface area contributed by atoms with E-state index in [1.54, 1.807) is 18.2 Å². The first-order valence-electron chi connectivity index (χ1n) is 8.01. The molecule has 8 heteroatoms. The molecule has 7 nitrogen and oxygen atoms in total. The predicted octanol–water partition coefficient (Wildman–Crippen LogP) is 2.12. The highest BCUT2D eigenvalue weighted by Gasteiger charge is 2.21. The summed E-state index contributed by atoms with van der Waals surface area (Å²) in [5.74, 6) is 0.727. The van der Waals surface area contributed by atoms with Crippen molar-refractivity contribution < 1.29 is 22.7 Å². The Balaban J connectivity index is 1.69. The molecule has 2 aromatic rings. The number of benzene rings is 2. The third-order valence-corrected chi connectivity index (χ3v) is 5.08. The second kappa shape index (κ2) is 7.35. The van der Waals surface area contributed by atoms with E-state index in [1.165, 1.54) is 0 Å². The van der Waals surface area contributed by atoms with E-state index in [-0.39, 0.29) is 19.9 Å². The summed E-state index contributed by atoms with van der Waals surface area (Å²) in [6.07, 6.45) is 1.09. The Hall–Kier alpha value is -2.58. The van der Waals surface area contributed by atoms with Gasteiger partial charge < -0.3 is 14.8 Å². The van der Waals surface area contributed by atoms with Crippen LogP contribution in [0.5, 0.6) is 11.5 Å². The fourth-order valence-corrected chi connectivity index (χ4v) is 3.37. The smallest absolute Gasteiger partial charge is 0.239 e. The zero-order valence-corrected chi connectivity index (χ0v) is 15.4. The number of sulfonamides is 1.